The van der Waals surface area contributed by atoms with Gasteiger partial charge < -0.3 is 20.3 Å². The molecule has 0 spiro atoms. The van der Waals surface area contributed by atoms with Gasteiger partial charge in [-0.05, 0) is 56.1 Å². The van der Waals surface area contributed by atoms with Crippen molar-refractivity contribution < 1.29 is 14.3 Å². The number of nitrogens with zero attached hydrogens (tertiary/aromatic N) is 2. The molecule has 2 amide bonds. The van der Waals surface area contributed by atoms with Crippen molar-refractivity contribution >= 4 is 23.2 Å². The number of hydrogen-bond acceptors (Lipinski definition) is 5. The second-order valence-corrected chi connectivity index (χ2v) is 8.27. The van der Waals surface area contributed by atoms with E-state index in [2.05, 4.69) is 48.1 Å². The first kappa shape index (κ1) is 24.2. The number of anilines is 2. The average molecular weight is 419 g/mol. The third-order valence-corrected chi connectivity index (χ3v) is 5.61. The van der Waals surface area contributed by atoms with Gasteiger partial charge in [-0.15, -0.1) is 0 Å². The lowest BCUT2D eigenvalue weighted by atomic mass is 10.0. The molecule has 0 bridgehead atoms. The van der Waals surface area contributed by atoms with E-state index < -0.39 is 11.8 Å². The quantitative estimate of drug-likeness (QED) is 0.603. The zero-order chi connectivity index (χ0) is 22.1. The minimum atomic E-state index is -0.625. The zero-order valence-electron chi connectivity index (χ0n) is 19.2. The minimum absolute atomic E-state index is 0.228. The van der Waals surface area contributed by atoms with E-state index in [4.69, 9.17) is 4.74 Å². The van der Waals surface area contributed by atoms with Crippen LogP contribution in [-0.4, -0.2) is 68.7 Å². The van der Waals surface area contributed by atoms with Crippen LogP contribution in [0.5, 0.6) is 0 Å². The Labute approximate surface area is 181 Å². The van der Waals surface area contributed by atoms with Crippen molar-refractivity contribution in [1.29, 1.82) is 0 Å². The zero-order valence-corrected chi connectivity index (χ0v) is 19.2. The summed E-state index contributed by atoms with van der Waals surface area (Å²) in [5.74, 6) is -0.693. The van der Waals surface area contributed by atoms with Gasteiger partial charge >= 0.3 is 11.8 Å². The van der Waals surface area contributed by atoms with Crippen LogP contribution in [0.25, 0.3) is 0 Å². The summed E-state index contributed by atoms with van der Waals surface area (Å²) in [7, 11) is 0. The molecule has 168 valence electrons. The first-order chi connectivity index (χ1) is 14.3. The lowest BCUT2D eigenvalue weighted by Crippen LogP contribution is -2.46. The molecule has 1 saturated heterocycles. The van der Waals surface area contributed by atoms with Gasteiger partial charge in [-0.3, -0.25) is 14.5 Å². The number of morpholine rings is 1. The van der Waals surface area contributed by atoms with Crippen molar-refractivity contribution in [2.24, 2.45) is 5.92 Å². The molecule has 1 fully saturated rings. The molecule has 2 N–H and O–H groups in total. The summed E-state index contributed by atoms with van der Waals surface area (Å²) in [6.07, 6.45) is 0.978. The van der Waals surface area contributed by atoms with Gasteiger partial charge in [-0.25, -0.2) is 0 Å². The fraction of sp³-hybridized carbons (Fsp3) is 0.652. The molecule has 1 heterocycles. The Balaban J connectivity index is 1.93. The molecular weight excluding hydrogens is 380 g/mol. The van der Waals surface area contributed by atoms with Gasteiger partial charge in [-0.2, -0.15) is 0 Å². The molecule has 1 aromatic rings. The third-order valence-electron chi connectivity index (χ3n) is 5.61. The summed E-state index contributed by atoms with van der Waals surface area (Å²) in [6, 6.07) is 6.11. The monoisotopic (exact) mass is 418 g/mol. The molecule has 0 aromatic heterocycles. The summed E-state index contributed by atoms with van der Waals surface area (Å²) in [5, 5.41) is 5.58. The van der Waals surface area contributed by atoms with Gasteiger partial charge in [0.25, 0.3) is 0 Å². The molecule has 0 radical (unpaired) electrons. The van der Waals surface area contributed by atoms with Gasteiger partial charge in [-0.1, -0.05) is 27.7 Å². The Bertz CT molecular complexity index is 698. The fourth-order valence-electron chi connectivity index (χ4n) is 3.92. The Morgan fingerprint density at radius 3 is 2.37 bits per heavy atom. The van der Waals surface area contributed by atoms with Crippen LogP contribution in [0, 0.1) is 12.8 Å². The number of benzene rings is 1. The van der Waals surface area contributed by atoms with Crippen LogP contribution in [-0.2, 0) is 14.3 Å². The SMILES string of the molecule is CCN(CC)[C@@H](CNC(=O)C(=O)Nc1ccc(N2CCOCC2)cc1C)CC(C)C. The molecule has 0 saturated carbocycles. The highest BCUT2D eigenvalue weighted by Crippen LogP contribution is 2.23. The maximum atomic E-state index is 12.4. The molecule has 0 aliphatic carbocycles. The number of aryl methyl sites for hydroxylation is 1. The van der Waals surface area contributed by atoms with E-state index >= 15 is 0 Å². The molecule has 1 aliphatic heterocycles. The van der Waals surface area contributed by atoms with Gasteiger partial charge in [0, 0.05) is 37.1 Å². The second-order valence-electron chi connectivity index (χ2n) is 8.27. The van der Waals surface area contributed by atoms with E-state index in [0.717, 1.165) is 57.1 Å². The fourth-order valence-corrected chi connectivity index (χ4v) is 3.92. The number of ether oxygens (including phenoxy) is 1. The minimum Gasteiger partial charge on any atom is -0.378 e. The molecule has 7 nitrogen and oxygen atoms in total. The third kappa shape index (κ3) is 6.99. The first-order valence-corrected chi connectivity index (χ1v) is 11.1. The Kier molecular flexibility index (Phi) is 9.59. The predicted octanol–water partition coefficient (Wildman–Crippen LogP) is 2.64. The van der Waals surface area contributed by atoms with Crippen molar-refractivity contribution in [3.63, 3.8) is 0 Å². The summed E-state index contributed by atoms with van der Waals surface area (Å²) in [6.45, 7) is 16.0. The van der Waals surface area contributed by atoms with E-state index in [1.807, 2.05) is 25.1 Å². The van der Waals surface area contributed by atoms with E-state index in [1.54, 1.807) is 0 Å². The number of carbonyl (C=O) groups is 2. The first-order valence-electron chi connectivity index (χ1n) is 11.1. The largest absolute Gasteiger partial charge is 0.378 e. The maximum Gasteiger partial charge on any atom is 0.313 e. The Morgan fingerprint density at radius 1 is 1.13 bits per heavy atom. The lowest BCUT2D eigenvalue weighted by Gasteiger charge is -2.31. The van der Waals surface area contributed by atoms with Crippen LogP contribution in [0.3, 0.4) is 0 Å². The molecule has 30 heavy (non-hydrogen) atoms. The highest BCUT2D eigenvalue weighted by Gasteiger charge is 2.21. The summed E-state index contributed by atoms with van der Waals surface area (Å²) in [4.78, 5) is 29.4. The van der Waals surface area contributed by atoms with Gasteiger partial charge in [0.1, 0.15) is 0 Å². The summed E-state index contributed by atoms with van der Waals surface area (Å²) >= 11 is 0. The van der Waals surface area contributed by atoms with E-state index in [-0.39, 0.29) is 6.04 Å². The Morgan fingerprint density at radius 2 is 1.80 bits per heavy atom. The summed E-state index contributed by atoms with van der Waals surface area (Å²) in [5.41, 5.74) is 2.70. The maximum absolute atomic E-state index is 12.4. The van der Waals surface area contributed by atoms with Crippen LogP contribution < -0.4 is 15.5 Å². The molecule has 1 aliphatic rings. The average Bonchev–Trinajstić information content (AvgIpc) is 2.74. The molecule has 2 rings (SSSR count). The number of nitrogens with one attached hydrogen (secondary N) is 2. The molecule has 1 atom stereocenters. The number of rotatable bonds is 9. The summed E-state index contributed by atoms with van der Waals surface area (Å²) < 4.78 is 5.40. The molecule has 0 unspecified atom stereocenters. The van der Waals surface area contributed by atoms with Crippen molar-refractivity contribution in [3.8, 4) is 0 Å². The van der Waals surface area contributed by atoms with E-state index in [0.29, 0.717) is 18.2 Å². The van der Waals surface area contributed by atoms with E-state index in [1.165, 1.54) is 0 Å². The normalized spacial score (nSPS) is 15.4. The van der Waals surface area contributed by atoms with Crippen molar-refractivity contribution in [2.45, 2.75) is 47.1 Å². The topological polar surface area (TPSA) is 73.9 Å². The molecule has 7 heteroatoms. The molecular formula is C23H38N4O3. The highest BCUT2D eigenvalue weighted by atomic mass is 16.5. The van der Waals surface area contributed by atoms with Gasteiger partial charge in [0.2, 0.25) is 0 Å². The smallest absolute Gasteiger partial charge is 0.313 e. The lowest BCUT2D eigenvalue weighted by molar-refractivity contribution is -0.136. The standard InChI is InChI=1S/C23H38N4O3/c1-6-26(7-2)20(14-17(3)4)16-24-22(28)23(29)25-21-9-8-19(15-18(21)5)27-10-12-30-13-11-27/h8-9,15,17,20H,6-7,10-14,16H2,1-5H3,(H,24,28)(H,25,29)/t20-/m1/s1. The highest BCUT2D eigenvalue weighted by molar-refractivity contribution is 6.39. The second kappa shape index (κ2) is 11.9. The number of amides is 2. The van der Waals surface area contributed by atoms with Crippen LogP contribution in [0.2, 0.25) is 0 Å². The number of likely N-dealkylation sites (N-methyl/N-ethyl adjacent to an activating group) is 1. The number of hydrogen-bond donors (Lipinski definition) is 2. The molecule has 1 aromatic carbocycles. The van der Waals surface area contributed by atoms with Crippen molar-refractivity contribution in [2.75, 3.05) is 56.2 Å². The number of carbonyl (C=O) groups excluding carboxylic acids is 2. The van der Waals surface area contributed by atoms with Crippen LogP contribution in [0.15, 0.2) is 18.2 Å². The van der Waals surface area contributed by atoms with Gasteiger partial charge in [0.05, 0.1) is 13.2 Å². The van der Waals surface area contributed by atoms with Crippen molar-refractivity contribution in [3.05, 3.63) is 23.8 Å². The van der Waals surface area contributed by atoms with Crippen LogP contribution in [0.4, 0.5) is 11.4 Å². The van der Waals surface area contributed by atoms with Crippen molar-refractivity contribution in [1.82, 2.24) is 10.2 Å². The predicted molar refractivity (Wildman–Crippen MR) is 122 cm³/mol. The Hall–Kier alpha value is -2.12. The van der Waals surface area contributed by atoms with E-state index in [9.17, 15) is 9.59 Å². The van der Waals surface area contributed by atoms with Crippen LogP contribution in [0.1, 0.15) is 39.7 Å². The van der Waals surface area contributed by atoms with Crippen LogP contribution >= 0.6 is 0 Å². The van der Waals surface area contributed by atoms with Gasteiger partial charge in [0.15, 0.2) is 0 Å².